The Morgan fingerprint density at radius 3 is 2.45 bits per heavy atom. The van der Waals surface area contributed by atoms with Gasteiger partial charge in [0, 0.05) is 28.4 Å². The zero-order valence-electron chi connectivity index (χ0n) is 11.5. The molecule has 3 nitrogen and oxygen atoms in total. The number of nitrogens with one attached hydrogen (secondary N) is 2. The van der Waals surface area contributed by atoms with Crippen LogP contribution in [0.2, 0.25) is 0 Å². The number of carbonyl (C=O) groups is 1. The summed E-state index contributed by atoms with van der Waals surface area (Å²) in [5, 5.41) is 6.00. The first-order chi connectivity index (χ1) is 9.60. The highest BCUT2D eigenvalue weighted by atomic mass is 127. The molecule has 20 heavy (non-hydrogen) atoms. The lowest BCUT2D eigenvalue weighted by molar-refractivity contribution is 0.0963. The average Bonchev–Trinajstić information content (AvgIpc) is 2.48. The molecule has 2 rings (SSSR count). The molecular formula is C16H17IN2O. The van der Waals surface area contributed by atoms with Crippen LogP contribution in [0.3, 0.4) is 0 Å². The number of anilines is 1. The largest absolute Gasteiger partial charge is 0.381 e. The molecule has 0 fully saturated rings. The number of amides is 1. The quantitative estimate of drug-likeness (QED) is 0.797. The Bertz CT molecular complexity index is 608. The van der Waals surface area contributed by atoms with Gasteiger partial charge in [-0.3, -0.25) is 4.79 Å². The van der Waals surface area contributed by atoms with Gasteiger partial charge in [-0.2, -0.15) is 0 Å². The highest BCUT2D eigenvalue weighted by molar-refractivity contribution is 14.1. The number of halogens is 1. The molecular weight excluding hydrogens is 363 g/mol. The molecule has 0 aliphatic heterocycles. The minimum absolute atomic E-state index is 0.0578. The van der Waals surface area contributed by atoms with E-state index in [0.717, 1.165) is 17.8 Å². The molecule has 1 amide bonds. The van der Waals surface area contributed by atoms with Gasteiger partial charge in [0.25, 0.3) is 5.91 Å². The van der Waals surface area contributed by atoms with Gasteiger partial charge in [-0.1, -0.05) is 18.2 Å². The Kier molecular flexibility index (Phi) is 5.00. The second-order valence-electron chi connectivity index (χ2n) is 4.59. The van der Waals surface area contributed by atoms with Crippen LogP contribution >= 0.6 is 22.6 Å². The van der Waals surface area contributed by atoms with Crippen LogP contribution in [0.5, 0.6) is 0 Å². The number of carbonyl (C=O) groups excluding carboxylic acids is 1. The van der Waals surface area contributed by atoms with Gasteiger partial charge in [0.15, 0.2) is 0 Å². The summed E-state index contributed by atoms with van der Waals surface area (Å²) in [4.78, 5) is 11.4. The summed E-state index contributed by atoms with van der Waals surface area (Å²) in [7, 11) is 1.64. The summed E-state index contributed by atoms with van der Waals surface area (Å²) >= 11 is 2.34. The Balaban J connectivity index is 2.00. The molecule has 0 aromatic heterocycles. The van der Waals surface area contributed by atoms with Crippen molar-refractivity contribution < 1.29 is 4.79 Å². The van der Waals surface area contributed by atoms with E-state index in [-0.39, 0.29) is 5.91 Å². The van der Waals surface area contributed by atoms with E-state index in [1.165, 1.54) is 9.13 Å². The molecule has 2 aromatic carbocycles. The Morgan fingerprint density at radius 2 is 1.85 bits per heavy atom. The van der Waals surface area contributed by atoms with E-state index in [4.69, 9.17) is 0 Å². The van der Waals surface area contributed by atoms with Gasteiger partial charge in [-0.15, -0.1) is 0 Å². The summed E-state index contributed by atoms with van der Waals surface area (Å²) < 4.78 is 1.25. The van der Waals surface area contributed by atoms with Crippen molar-refractivity contribution in [2.45, 2.75) is 13.5 Å². The number of rotatable bonds is 4. The van der Waals surface area contributed by atoms with Crippen molar-refractivity contribution in [3.05, 3.63) is 62.7 Å². The van der Waals surface area contributed by atoms with Gasteiger partial charge in [0.05, 0.1) is 0 Å². The number of hydrogen-bond donors (Lipinski definition) is 2. The smallest absolute Gasteiger partial charge is 0.251 e. The van der Waals surface area contributed by atoms with Gasteiger partial charge in [0.2, 0.25) is 0 Å². The number of aryl methyl sites for hydroxylation is 1. The monoisotopic (exact) mass is 380 g/mol. The van der Waals surface area contributed by atoms with Crippen LogP contribution < -0.4 is 10.6 Å². The molecule has 4 heteroatoms. The molecule has 0 saturated heterocycles. The molecule has 0 aliphatic carbocycles. The Hall–Kier alpha value is -1.56. The van der Waals surface area contributed by atoms with Gasteiger partial charge in [0.1, 0.15) is 0 Å². The Morgan fingerprint density at radius 1 is 1.15 bits per heavy atom. The van der Waals surface area contributed by atoms with E-state index < -0.39 is 0 Å². The topological polar surface area (TPSA) is 41.1 Å². The van der Waals surface area contributed by atoms with E-state index in [1.54, 1.807) is 7.05 Å². The van der Waals surface area contributed by atoms with Crippen LogP contribution in [0.4, 0.5) is 5.69 Å². The van der Waals surface area contributed by atoms with Crippen molar-refractivity contribution in [1.82, 2.24) is 5.32 Å². The minimum atomic E-state index is -0.0578. The second-order valence-corrected chi connectivity index (χ2v) is 5.76. The highest BCUT2D eigenvalue weighted by Crippen LogP contribution is 2.17. The van der Waals surface area contributed by atoms with Gasteiger partial charge < -0.3 is 10.6 Å². The molecule has 0 aliphatic rings. The molecule has 0 unspecified atom stereocenters. The SMILES string of the molecule is CNC(=O)c1ccc(CNc2ccc(C)c(I)c2)cc1. The van der Waals surface area contributed by atoms with Gasteiger partial charge in [-0.25, -0.2) is 0 Å². The molecule has 0 heterocycles. The average molecular weight is 380 g/mol. The fraction of sp³-hybridized carbons (Fsp3) is 0.188. The van der Waals surface area contributed by atoms with Crippen molar-refractivity contribution >= 4 is 34.2 Å². The third-order valence-corrected chi connectivity index (χ3v) is 4.27. The normalized spacial score (nSPS) is 10.2. The fourth-order valence-electron chi connectivity index (χ4n) is 1.83. The molecule has 2 N–H and O–H groups in total. The lowest BCUT2D eigenvalue weighted by atomic mass is 10.1. The maximum atomic E-state index is 11.4. The zero-order valence-corrected chi connectivity index (χ0v) is 13.7. The molecule has 2 aromatic rings. The Labute approximate surface area is 132 Å². The fourth-order valence-corrected chi connectivity index (χ4v) is 2.34. The van der Waals surface area contributed by atoms with Crippen LogP contribution in [0.1, 0.15) is 21.5 Å². The van der Waals surface area contributed by atoms with Crippen molar-refractivity contribution in [3.63, 3.8) is 0 Å². The van der Waals surface area contributed by atoms with Crippen LogP contribution in [-0.2, 0) is 6.54 Å². The van der Waals surface area contributed by atoms with E-state index in [0.29, 0.717) is 5.56 Å². The van der Waals surface area contributed by atoms with E-state index in [2.05, 4.69) is 58.3 Å². The van der Waals surface area contributed by atoms with Crippen LogP contribution in [0.15, 0.2) is 42.5 Å². The van der Waals surface area contributed by atoms with Crippen molar-refractivity contribution in [3.8, 4) is 0 Å². The highest BCUT2D eigenvalue weighted by Gasteiger charge is 2.02. The molecule has 0 spiro atoms. The van der Waals surface area contributed by atoms with Crippen molar-refractivity contribution in [2.75, 3.05) is 12.4 Å². The van der Waals surface area contributed by atoms with E-state index >= 15 is 0 Å². The van der Waals surface area contributed by atoms with E-state index in [9.17, 15) is 4.79 Å². The minimum Gasteiger partial charge on any atom is -0.381 e. The number of hydrogen-bond acceptors (Lipinski definition) is 2. The predicted molar refractivity (Wildman–Crippen MR) is 91.1 cm³/mol. The first kappa shape index (κ1) is 14.8. The first-order valence-corrected chi connectivity index (χ1v) is 7.49. The van der Waals surface area contributed by atoms with Gasteiger partial charge in [-0.05, 0) is 64.9 Å². The summed E-state index contributed by atoms with van der Waals surface area (Å²) in [5.74, 6) is -0.0578. The molecule has 0 atom stereocenters. The standard InChI is InChI=1S/C16H17IN2O/c1-11-3-8-14(9-15(11)17)19-10-12-4-6-13(7-5-12)16(20)18-2/h3-9,19H,10H2,1-2H3,(H,18,20). The lowest BCUT2D eigenvalue weighted by Gasteiger charge is -2.09. The van der Waals surface area contributed by atoms with Crippen LogP contribution in [0, 0.1) is 10.5 Å². The van der Waals surface area contributed by atoms with E-state index in [1.807, 2.05) is 24.3 Å². The summed E-state index contributed by atoms with van der Waals surface area (Å²) in [5.41, 5.74) is 4.22. The zero-order chi connectivity index (χ0) is 14.5. The third kappa shape index (κ3) is 3.72. The molecule has 104 valence electrons. The summed E-state index contributed by atoms with van der Waals surface area (Å²) in [6.07, 6.45) is 0. The third-order valence-electron chi connectivity index (χ3n) is 3.11. The maximum absolute atomic E-state index is 11.4. The summed E-state index contributed by atoms with van der Waals surface area (Å²) in [6, 6.07) is 13.9. The summed E-state index contributed by atoms with van der Waals surface area (Å²) in [6.45, 7) is 2.84. The molecule has 0 bridgehead atoms. The van der Waals surface area contributed by atoms with Crippen molar-refractivity contribution in [1.29, 1.82) is 0 Å². The molecule has 0 saturated carbocycles. The number of benzene rings is 2. The first-order valence-electron chi connectivity index (χ1n) is 6.41. The van der Waals surface area contributed by atoms with Crippen LogP contribution in [0.25, 0.3) is 0 Å². The second kappa shape index (κ2) is 6.74. The maximum Gasteiger partial charge on any atom is 0.251 e. The van der Waals surface area contributed by atoms with Crippen molar-refractivity contribution in [2.24, 2.45) is 0 Å². The molecule has 0 radical (unpaired) electrons. The lowest BCUT2D eigenvalue weighted by Crippen LogP contribution is -2.17. The van der Waals surface area contributed by atoms with Crippen LogP contribution in [-0.4, -0.2) is 13.0 Å². The predicted octanol–water partition coefficient (Wildman–Crippen LogP) is 3.57. The van der Waals surface area contributed by atoms with Gasteiger partial charge >= 0.3 is 0 Å².